The second-order valence-corrected chi connectivity index (χ2v) is 8.14. The third kappa shape index (κ3) is 4.36. The molecular formula is C22H29N8O. The van der Waals surface area contributed by atoms with E-state index in [-0.39, 0.29) is 0 Å². The predicted molar refractivity (Wildman–Crippen MR) is 123 cm³/mol. The molecule has 1 aromatic carbocycles. The van der Waals surface area contributed by atoms with E-state index < -0.39 is 0 Å². The fourth-order valence-corrected chi connectivity index (χ4v) is 4.40. The van der Waals surface area contributed by atoms with Gasteiger partial charge in [0.25, 0.3) is 0 Å². The second kappa shape index (κ2) is 8.97. The van der Waals surface area contributed by atoms with Crippen LogP contribution in [0.1, 0.15) is 32.1 Å². The zero-order chi connectivity index (χ0) is 21.0. The number of nitrogens with one attached hydrogen (secondary N) is 3. The molecule has 31 heavy (non-hydrogen) atoms. The third-order valence-electron chi connectivity index (χ3n) is 6.08. The average molecular weight is 422 g/mol. The first-order valence-corrected chi connectivity index (χ1v) is 11.1. The zero-order valence-electron chi connectivity index (χ0n) is 17.9. The number of anilines is 4. The summed E-state index contributed by atoms with van der Waals surface area (Å²) in [6, 6.07) is 6.62. The van der Waals surface area contributed by atoms with Gasteiger partial charge in [-0.3, -0.25) is 0 Å². The standard InChI is InChI=1S/C22H29N8O/c1-31-18-13-16(30-11-9-23-10-12-30)7-8-17(18)27-22-28-20-19(24-14-25-20)21(29-22)26-15-5-3-2-4-6-15/h7-8,13-15H,2-6,9-12H2,1H3,(H3,24,25,26,27,28,29). The van der Waals surface area contributed by atoms with Crippen LogP contribution in [0.3, 0.4) is 0 Å². The van der Waals surface area contributed by atoms with Gasteiger partial charge in [-0.1, -0.05) is 19.3 Å². The van der Waals surface area contributed by atoms with Crippen LogP contribution < -0.4 is 25.6 Å². The molecule has 0 bridgehead atoms. The van der Waals surface area contributed by atoms with Gasteiger partial charge in [0.15, 0.2) is 11.5 Å². The van der Waals surface area contributed by atoms with E-state index >= 15 is 0 Å². The molecule has 0 amide bonds. The summed E-state index contributed by atoms with van der Waals surface area (Å²) in [6.07, 6.45) is 7.82. The molecule has 1 radical (unpaired) electrons. The number of hydrogen-bond donors (Lipinski definition) is 3. The molecule has 3 N–H and O–H groups in total. The van der Waals surface area contributed by atoms with Crippen molar-refractivity contribution < 1.29 is 4.74 Å². The van der Waals surface area contributed by atoms with Crippen LogP contribution >= 0.6 is 0 Å². The Hall–Kier alpha value is -3.07. The Morgan fingerprint density at radius 1 is 1.10 bits per heavy atom. The summed E-state index contributed by atoms with van der Waals surface area (Å²) in [5.41, 5.74) is 3.45. The number of fused-ring (bicyclic) bond motifs is 1. The zero-order valence-corrected chi connectivity index (χ0v) is 17.9. The molecule has 3 aromatic rings. The van der Waals surface area contributed by atoms with E-state index in [1.807, 2.05) is 6.07 Å². The SMILES string of the molecule is COc1cc(N2CC[N]CC2)ccc1Nc1nc(NC2CCCCC2)c2nc[nH]c2n1. The third-order valence-corrected chi connectivity index (χ3v) is 6.08. The minimum absolute atomic E-state index is 0.432. The highest BCUT2D eigenvalue weighted by Gasteiger charge is 2.18. The largest absolute Gasteiger partial charge is 0.494 e. The molecule has 3 heterocycles. The minimum Gasteiger partial charge on any atom is -0.494 e. The van der Waals surface area contributed by atoms with E-state index in [0.29, 0.717) is 17.6 Å². The molecule has 2 aliphatic rings. The fourth-order valence-electron chi connectivity index (χ4n) is 4.40. The number of aromatic amines is 1. The predicted octanol–water partition coefficient (Wildman–Crippen LogP) is 3.27. The number of H-pyrrole nitrogens is 1. The molecule has 1 saturated heterocycles. The lowest BCUT2D eigenvalue weighted by atomic mass is 9.95. The number of hydrogen-bond acceptors (Lipinski definition) is 7. The van der Waals surface area contributed by atoms with Gasteiger partial charge in [-0.05, 0) is 25.0 Å². The van der Waals surface area contributed by atoms with Crippen LogP contribution in [-0.4, -0.2) is 59.3 Å². The van der Waals surface area contributed by atoms with Gasteiger partial charge in [-0.25, -0.2) is 10.3 Å². The molecule has 1 aliphatic carbocycles. The Morgan fingerprint density at radius 2 is 1.94 bits per heavy atom. The number of methoxy groups -OCH3 is 1. The molecule has 5 rings (SSSR count). The molecule has 2 aromatic heterocycles. The number of rotatable bonds is 6. The number of ether oxygens (including phenoxy) is 1. The summed E-state index contributed by atoms with van der Waals surface area (Å²) in [5, 5.41) is 11.4. The lowest BCUT2D eigenvalue weighted by Gasteiger charge is -2.29. The van der Waals surface area contributed by atoms with Crippen LogP contribution in [-0.2, 0) is 0 Å². The fraction of sp³-hybridized carbons (Fsp3) is 0.500. The van der Waals surface area contributed by atoms with E-state index in [0.717, 1.165) is 67.5 Å². The van der Waals surface area contributed by atoms with Crippen molar-refractivity contribution in [2.24, 2.45) is 0 Å². The Bertz CT molecular complexity index is 1020. The highest BCUT2D eigenvalue weighted by atomic mass is 16.5. The Labute approximate surface area is 182 Å². The molecule has 0 atom stereocenters. The molecule has 2 fully saturated rings. The molecule has 1 saturated carbocycles. The quantitative estimate of drug-likeness (QED) is 0.561. The molecule has 163 valence electrons. The molecule has 0 unspecified atom stereocenters. The molecule has 1 aliphatic heterocycles. The summed E-state index contributed by atoms with van der Waals surface area (Å²) in [5.74, 6) is 2.04. The Morgan fingerprint density at radius 3 is 2.74 bits per heavy atom. The first-order chi connectivity index (χ1) is 15.3. The van der Waals surface area contributed by atoms with Gasteiger partial charge in [-0.15, -0.1) is 0 Å². The van der Waals surface area contributed by atoms with Crippen LogP contribution in [0, 0.1) is 0 Å². The summed E-state index contributed by atoms with van der Waals surface area (Å²) in [7, 11) is 1.69. The Balaban J connectivity index is 1.40. The van der Waals surface area contributed by atoms with Crippen LogP contribution in [0.2, 0.25) is 0 Å². The maximum absolute atomic E-state index is 5.67. The number of nitrogens with zero attached hydrogens (tertiary/aromatic N) is 5. The summed E-state index contributed by atoms with van der Waals surface area (Å²) < 4.78 is 5.67. The maximum atomic E-state index is 5.67. The van der Waals surface area contributed by atoms with Crippen molar-refractivity contribution in [1.82, 2.24) is 25.3 Å². The lowest BCUT2D eigenvalue weighted by Crippen LogP contribution is -2.40. The first-order valence-electron chi connectivity index (χ1n) is 11.1. The normalized spacial score (nSPS) is 17.6. The summed E-state index contributed by atoms with van der Waals surface area (Å²) in [6.45, 7) is 3.62. The van der Waals surface area contributed by atoms with E-state index in [1.165, 1.54) is 19.3 Å². The van der Waals surface area contributed by atoms with Crippen molar-refractivity contribution in [3.05, 3.63) is 24.5 Å². The minimum atomic E-state index is 0.432. The van der Waals surface area contributed by atoms with Crippen molar-refractivity contribution in [2.45, 2.75) is 38.1 Å². The van der Waals surface area contributed by atoms with Gasteiger partial charge in [0.1, 0.15) is 11.3 Å². The van der Waals surface area contributed by atoms with Gasteiger partial charge in [0.2, 0.25) is 5.95 Å². The van der Waals surface area contributed by atoms with E-state index in [4.69, 9.17) is 9.72 Å². The highest BCUT2D eigenvalue weighted by molar-refractivity contribution is 5.84. The second-order valence-electron chi connectivity index (χ2n) is 8.14. The average Bonchev–Trinajstić information content (AvgIpc) is 3.30. The summed E-state index contributed by atoms with van der Waals surface area (Å²) >= 11 is 0. The van der Waals surface area contributed by atoms with Gasteiger partial charge >= 0.3 is 0 Å². The summed E-state index contributed by atoms with van der Waals surface area (Å²) in [4.78, 5) is 19.2. The maximum Gasteiger partial charge on any atom is 0.231 e. The van der Waals surface area contributed by atoms with E-state index in [9.17, 15) is 0 Å². The van der Waals surface area contributed by atoms with Gasteiger partial charge in [0.05, 0.1) is 19.1 Å². The number of benzene rings is 1. The highest BCUT2D eigenvalue weighted by Crippen LogP contribution is 2.32. The number of imidazole rings is 1. The first kappa shape index (κ1) is 19.9. The van der Waals surface area contributed by atoms with Crippen LogP contribution in [0.5, 0.6) is 5.75 Å². The van der Waals surface area contributed by atoms with Gasteiger partial charge in [-0.2, -0.15) is 9.97 Å². The van der Waals surface area contributed by atoms with Crippen molar-refractivity contribution in [2.75, 3.05) is 48.8 Å². The molecule has 9 nitrogen and oxygen atoms in total. The molecule has 0 spiro atoms. The number of aromatic nitrogens is 4. The van der Waals surface area contributed by atoms with E-state index in [1.54, 1.807) is 13.4 Å². The monoisotopic (exact) mass is 421 g/mol. The number of piperazine rings is 1. The lowest BCUT2D eigenvalue weighted by molar-refractivity contribution is 0.416. The molecule has 9 heteroatoms. The van der Waals surface area contributed by atoms with Crippen molar-refractivity contribution in [3.63, 3.8) is 0 Å². The van der Waals surface area contributed by atoms with Gasteiger partial charge < -0.3 is 25.3 Å². The van der Waals surface area contributed by atoms with Crippen molar-refractivity contribution in [3.8, 4) is 5.75 Å². The van der Waals surface area contributed by atoms with Crippen LogP contribution in [0.25, 0.3) is 11.2 Å². The van der Waals surface area contributed by atoms with Crippen LogP contribution in [0.15, 0.2) is 24.5 Å². The topological polar surface area (TPSA) is 105 Å². The smallest absolute Gasteiger partial charge is 0.231 e. The van der Waals surface area contributed by atoms with Crippen LogP contribution in [0.4, 0.5) is 23.1 Å². The van der Waals surface area contributed by atoms with Crippen molar-refractivity contribution >= 4 is 34.3 Å². The Kier molecular flexibility index (Phi) is 5.75. The van der Waals surface area contributed by atoms with Crippen molar-refractivity contribution in [1.29, 1.82) is 0 Å². The van der Waals surface area contributed by atoms with Gasteiger partial charge in [0, 0.05) is 44.0 Å². The molecular weight excluding hydrogens is 392 g/mol. The van der Waals surface area contributed by atoms with E-state index in [2.05, 4.69) is 47.9 Å².